The van der Waals surface area contributed by atoms with E-state index in [0.717, 1.165) is 6.54 Å². The summed E-state index contributed by atoms with van der Waals surface area (Å²) < 4.78 is 19.0. The molecule has 0 unspecified atom stereocenters. The van der Waals surface area contributed by atoms with Gasteiger partial charge >= 0.3 is 0 Å². The quantitative estimate of drug-likeness (QED) is 0.872. The SMILES string of the molecule is COc1cccc(CNCC2(C)CCCCC2)c1F. The molecule has 106 valence electrons. The Kier molecular flexibility index (Phi) is 4.81. The van der Waals surface area contributed by atoms with Crippen LogP contribution >= 0.6 is 0 Å². The Labute approximate surface area is 115 Å². The summed E-state index contributed by atoms with van der Waals surface area (Å²) in [6, 6.07) is 5.30. The topological polar surface area (TPSA) is 21.3 Å². The largest absolute Gasteiger partial charge is 0.494 e. The van der Waals surface area contributed by atoms with Crippen LogP contribution in [0.1, 0.15) is 44.6 Å². The van der Waals surface area contributed by atoms with Gasteiger partial charge in [-0.25, -0.2) is 4.39 Å². The summed E-state index contributed by atoms with van der Waals surface area (Å²) in [7, 11) is 1.50. The van der Waals surface area contributed by atoms with E-state index < -0.39 is 0 Å². The van der Waals surface area contributed by atoms with Crippen LogP contribution < -0.4 is 10.1 Å². The molecule has 0 radical (unpaired) electrons. The summed E-state index contributed by atoms with van der Waals surface area (Å²) in [6.07, 6.45) is 6.57. The van der Waals surface area contributed by atoms with Gasteiger partial charge in [0, 0.05) is 18.7 Å². The van der Waals surface area contributed by atoms with Gasteiger partial charge in [0.05, 0.1) is 7.11 Å². The Bertz CT molecular complexity index is 413. The van der Waals surface area contributed by atoms with Crippen LogP contribution in [0.25, 0.3) is 0 Å². The van der Waals surface area contributed by atoms with Gasteiger partial charge in [-0.15, -0.1) is 0 Å². The number of nitrogens with one attached hydrogen (secondary N) is 1. The Morgan fingerprint density at radius 1 is 1.26 bits per heavy atom. The van der Waals surface area contributed by atoms with Gasteiger partial charge in [0.25, 0.3) is 0 Å². The number of benzene rings is 1. The molecule has 0 aromatic heterocycles. The molecule has 2 nitrogen and oxygen atoms in total. The third-order valence-corrected chi connectivity index (χ3v) is 4.19. The van der Waals surface area contributed by atoms with Crippen molar-refractivity contribution in [1.29, 1.82) is 0 Å². The fraction of sp³-hybridized carbons (Fsp3) is 0.625. The number of hydrogen-bond acceptors (Lipinski definition) is 2. The number of rotatable bonds is 5. The molecule has 0 bridgehead atoms. The van der Waals surface area contributed by atoms with Crippen LogP contribution in [0.5, 0.6) is 5.75 Å². The average molecular weight is 265 g/mol. The number of hydrogen-bond donors (Lipinski definition) is 1. The van der Waals surface area contributed by atoms with Gasteiger partial charge in [0.1, 0.15) is 0 Å². The van der Waals surface area contributed by atoms with Crippen LogP contribution in [0.4, 0.5) is 4.39 Å². The zero-order valence-corrected chi connectivity index (χ0v) is 12.0. The maximum atomic E-state index is 14.0. The smallest absolute Gasteiger partial charge is 0.169 e. The highest BCUT2D eigenvalue weighted by molar-refractivity contribution is 5.30. The highest BCUT2D eigenvalue weighted by Crippen LogP contribution is 2.35. The molecule has 1 aromatic rings. The molecule has 1 aliphatic rings. The van der Waals surface area contributed by atoms with Crippen LogP contribution in [0, 0.1) is 11.2 Å². The summed E-state index contributed by atoms with van der Waals surface area (Å²) >= 11 is 0. The predicted molar refractivity (Wildman–Crippen MR) is 75.9 cm³/mol. The predicted octanol–water partition coefficient (Wildman–Crippen LogP) is 3.89. The Morgan fingerprint density at radius 3 is 2.68 bits per heavy atom. The molecular weight excluding hydrogens is 241 g/mol. The fourth-order valence-electron chi connectivity index (χ4n) is 2.93. The van der Waals surface area contributed by atoms with Crippen LogP contribution in [-0.4, -0.2) is 13.7 Å². The molecule has 19 heavy (non-hydrogen) atoms. The van der Waals surface area contributed by atoms with E-state index in [9.17, 15) is 4.39 Å². The molecule has 0 spiro atoms. The zero-order valence-electron chi connectivity index (χ0n) is 12.0. The Balaban J connectivity index is 1.88. The standard InChI is InChI=1S/C16H24FNO/c1-16(9-4-3-5-10-16)12-18-11-13-7-6-8-14(19-2)15(13)17/h6-8,18H,3-5,9-12H2,1-2H3. The van der Waals surface area contributed by atoms with Gasteiger partial charge in [-0.1, -0.05) is 38.3 Å². The van der Waals surface area contributed by atoms with Gasteiger partial charge in [0.2, 0.25) is 0 Å². The maximum absolute atomic E-state index is 14.0. The zero-order chi connectivity index (χ0) is 13.7. The molecule has 2 rings (SSSR count). The summed E-state index contributed by atoms with van der Waals surface area (Å²) in [5, 5.41) is 3.41. The molecule has 3 heteroatoms. The highest BCUT2D eigenvalue weighted by atomic mass is 19.1. The first-order chi connectivity index (χ1) is 9.14. The van der Waals surface area contributed by atoms with Crippen molar-refractivity contribution in [3.63, 3.8) is 0 Å². The second-order valence-corrected chi connectivity index (χ2v) is 5.91. The van der Waals surface area contributed by atoms with Gasteiger partial charge < -0.3 is 10.1 Å². The number of ether oxygens (including phenoxy) is 1. The number of halogens is 1. The molecule has 0 aliphatic heterocycles. The van der Waals surface area contributed by atoms with E-state index in [1.165, 1.54) is 39.2 Å². The van der Waals surface area contributed by atoms with Crippen molar-refractivity contribution >= 4 is 0 Å². The first-order valence-electron chi connectivity index (χ1n) is 7.17. The lowest BCUT2D eigenvalue weighted by atomic mass is 9.76. The molecule has 0 amide bonds. The van der Waals surface area contributed by atoms with E-state index in [1.807, 2.05) is 12.1 Å². The second-order valence-electron chi connectivity index (χ2n) is 5.91. The molecule has 0 heterocycles. The average Bonchev–Trinajstić information content (AvgIpc) is 2.41. The molecular formula is C16H24FNO. The first kappa shape index (κ1) is 14.3. The van der Waals surface area contributed by atoms with Crippen LogP contribution in [0.2, 0.25) is 0 Å². The molecule has 1 saturated carbocycles. The second kappa shape index (κ2) is 6.38. The lowest BCUT2D eigenvalue weighted by molar-refractivity contribution is 0.207. The maximum Gasteiger partial charge on any atom is 0.169 e. The minimum Gasteiger partial charge on any atom is -0.494 e. The van der Waals surface area contributed by atoms with E-state index >= 15 is 0 Å². The first-order valence-corrected chi connectivity index (χ1v) is 7.17. The molecule has 0 atom stereocenters. The number of methoxy groups -OCH3 is 1. The van der Waals surface area contributed by atoms with Crippen molar-refractivity contribution in [2.75, 3.05) is 13.7 Å². The molecule has 0 saturated heterocycles. The summed E-state index contributed by atoms with van der Waals surface area (Å²) in [5.74, 6) is 0.0782. The molecule has 1 aliphatic carbocycles. The van der Waals surface area contributed by atoms with Crippen LogP contribution in [0.3, 0.4) is 0 Å². The highest BCUT2D eigenvalue weighted by Gasteiger charge is 2.26. The lowest BCUT2D eigenvalue weighted by Gasteiger charge is -2.33. The van der Waals surface area contributed by atoms with Crippen LogP contribution in [-0.2, 0) is 6.54 Å². The monoisotopic (exact) mass is 265 g/mol. The summed E-state index contributed by atoms with van der Waals surface area (Å²) in [5.41, 5.74) is 1.06. The minimum absolute atomic E-state index is 0.244. The van der Waals surface area contributed by atoms with E-state index in [4.69, 9.17) is 4.74 Å². The summed E-state index contributed by atoms with van der Waals surface area (Å²) in [4.78, 5) is 0. The summed E-state index contributed by atoms with van der Waals surface area (Å²) in [6.45, 7) is 3.86. The Hall–Kier alpha value is -1.09. The molecule has 1 fully saturated rings. The van der Waals surface area contributed by atoms with E-state index in [0.29, 0.717) is 23.3 Å². The van der Waals surface area contributed by atoms with Crippen molar-refractivity contribution < 1.29 is 9.13 Å². The van der Waals surface area contributed by atoms with E-state index in [2.05, 4.69) is 12.2 Å². The van der Waals surface area contributed by atoms with Crippen molar-refractivity contribution in [1.82, 2.24) is 5.32 Å². The van der Waals surface area contributed by atoms with Crippen molar-refractivity contribution in [3.05, 3.63) is 29.6 Å². The minimum atomic E-state index is -0.244. The molecule has 1 aromatic carbocycles. The van der Waals surface area contributed by atoms with Crippen molar-refractivity contribution in [2.24, 2.45) is 5.41 Å². The van der Waals surface area contributed by atoms with Gasteiger partial charge in [-0.05, 0) is 24.3 Å². The molecule has 1 N–H and O–H groups in total. The fourth-order valence-corrected chi connectivity index (χ4v) is 2.93. The van der Waals surface area contributed by atoms with Gasteiger partial charge in [-0.3, -0.25) is 0 Å². The van der Waals surface area contributed by atoms with Gasteiger partial charge in [-0.2, -0.15) is 0 Å². The van der Waals surface area contributed by atoms with Gasteiger partial charge in [0.15, 0.2) is 11.6 Å². The van der Waals surface area contributed by atoms with Crippen molar-refractivity contribution in [3.8, 4) is 5.75 Å². The van der Waals surface area contributed by atoms with E-state index in [-0.39, 0.29) is 5.82 Å². The van der Waals surface area contributed by atoms with Crippen LogP contribution in [0.15, 0.2) is 18.2 Å². The Morgan fingerprint density at radius 2 is 2.00 bits per heavy atom. The van der Waals surface area contributed by atoms with Crippen molar-refractivity contribution in [2.45, 2.75) is 45.6 Å². The normalized spacial score (nSPS) is 18.3. The third-order valence-electron chi connectivity index (χ3n) is 4.19. The van der Waals surface area contributed by atoms with E-state index in [1.54, 1.807) is 6.07 Å². The third kappa shape index (κ3) is 3.69. The lowest BCUT2D eigenvalue weighted by Crippen LogP contribution is -2.33.